The average Bonchev–Trinajstić information content (AvgIpc) is 2.85. The molecular formula is C13H17ClN4S. The Balaban J connectivity index is 2.14. The van der Waals surface area contributed by atoms with E-state index in [9.17, 15) is 0 Å². The predicted molar refractivity (Wildman–Crippen MR) is 79.9 cm³/mol. The molecule has 0 aliphatic rings. The molecule has 1 N–H and O–H groups in total. The van der Waals surface area contributed by atoms with E-state index in [2.05, 4.69) is 41.3 Å². The molecule has 0 fully saturated rings. The second-order valence-corrected chi connectivity index (χ2v) is 5.99. The fourth-order valence-corrected chi connectivity index (χ4v) is 2.89. The highest BCUT2D eigenvalue weighted by Crippen LogP contribution is 2.28. The van der Waals surface area contributed by atoms with Crippen LogP contribution in [0.2, 0.25) is 4.34 Å². The van der Waals surface area contributed by atoms with Crippen LogP contribution in [-0.2, 0) is 12.8 Å². The number of hydrogen-bond donors (Lipinski definition) is 1. The van der Waals surface area contributed by atoms with Gasteiger partial charge in [-0.2, -0.15) is 5.10 Å². The standard InChI is InChI=1S/C13H17ClN4S/c1-4-9-10(5-2)17-18-13(16-9)15-8(3)11-6-7-12(14)19-11/h6-8H,4-5H2,1-3H3,(H,15,16,18). The lowest BCUT2D eigenvalue weighted by atomic mass is 10.2. The maximum absolute atomic E-state index is 5.94. The molecule has 2 aromatic rings. The molecule has 102 valence electrons. The van der Waals surface area contributed by atoms with E-state index < -0.39 is 0 Å². The van der Waals surface area contributed by atoms with Gasteiger partial charge < -0.3 is 5.32 Å². The summed E-state index contributed by atoms with van der Waals surface area (Å²) >= 11 is 7.50. The minimum atomic E-state index is 0.122. The number of nitrogens with one attached hydrogen (secondary N) is 1. The Hall–Kier alpha value is -1.20. The Morgan fingerprint density at radius 1 is 1.21 bits per heavy atom. The smallest absolute Gasteiger partial charge is 0.243 e. The fraction of sp³-hybridized carbons (Fsp3) is 0.462. The van der Waals surface area contributed by atoms with Crippen molar-refractivity contribution >= 4 is 28.9 Å². The second-order valence-electron chi connectivity index (χ2n) is 4.24. The molecule has 0 spiro atoms. The molecular weight excluding hydrogens is 280 g/mol. The van der Waals surface area contributed by atoms with E-state index in [4.69, 9.17) is 11.6 Å². The third kappa shape index (κ3) is 3.42. The van der Waals surface area contributed by atoms with E-state index in [1.807, 2.05) is 12.1 Å². The van der Waals surface area contributed by atoms with Gasteiger partial charge in [0.2, 0.25) is 5.95 Å². The number of aromatic nitrogens is 3. The fourth-order valence-electron chi connectivity index (χ4n) is 1.82. The number of thiophene rings is 1. The summed E-state index contributed by atoms with van der Waals surface area (Å²) < 4.78 is 0.790. The van der Waals surface area contributed by atoms with Gasteiger partial charge >= 0.3 is 0 Å². The zero-order chi connectivity index (χ0) is 13.8. The van der Waals surface area contributed by atoms with Crippen LogP contribution in [0.5, 0.6) is 0 Å². The molecule has 2 heterocycles. The van der Waals surface area contributed by atoms with Crippen LogP contribution in [0.25, 0.3) is 0 Å². The molecule has 0 saturated heterocycles. The SMILES string of the molecule is CCc1nnc(NC(C)c2ccc(Cl)s2)nc1CC. The van der Waals surface area contributed by atoms with Crippen molar-refractivity contribution in [1.29, 1.82) is 0 Å². The number of aryl methyl sites for hydroxylation is 2. The molecule has 0 radical (unpaired) electrons. The van der Waals surface area contributed by atoms with Crippen LogP contribution in [0.15, 0.2) is 12.1 Å². The third-order valence-corrected chi connectivity index (χ3v) is 4.29. The van der Waals surface area contributed by atoms with Gasteiger partial charge in [-0.3, -0.25) is 0 Å². The molecule has 19 heavy (non-hydrogen) atoms. The van der Waals surface area contributed by atoms with Crippen molar-refractivity contribution in [2.45, 2.75) is 39.7 Å². The molecule has 1 unspecified atom stereocenters. The van der Waals surface area contributed by atoms with Gasteiger partial charge in [0.05, 0.1) is 21.8 Å². The molecule has 4 nitrogen and oxygen atoms in total. The molecule has 0 aromatic carbocycles. The van der Waals surface area contributed by atoms with Gasteiger partial charge in [0.1, 0.15) is 0 Å². The zero-order valence-electron chi connectivity index (χ0n) is 11.3. The molecule has 0 amide bonds. The summed E-state index contributed by atoms with van der Waals surface area (Å²) in [7, 11) is 0. The molecule has 0 aliphatic heterocycles. The summed E-state index contributed by atoms with van der Waals surface area (Å²) in [5, 5.41) is 11.6. The van der Waals surface area contributed by atoms with Gasteiger partial charge in [-0.15, -0.1) is 16.4 Å². The molecule has 0 aliphatic carbocycles. The van der Waals surface area contributed by atoms with Crippen molar-refractivity contribution in [3.8, 4) is 0 Å². The second kappa shape index (κ2) is 6.30. The average molecular weight is 297 g/mol. The molecule has 0 bridgehead atoms. The van der Waals surface area contributed by atoms with E-state index in [-0.39, 0.29) is 6.04 Å². The van der Waals surface area contributed by atoms with Crippen LogP contribution in [0, 0.1) is 0 Å². The summed E-state index contributed by atoms with van der Waals surface area (Å²) in [5.74, 6) is 0.575. The molecule has 1 atom stereocenters. The molecule has 2 rings (SSSR count). The van der Waals surface area contributed by atoms with E-state index in [1.165, 1.54) is 0 Å². The number of anilines is 1. The van der Waals surface area contributed by atoms with Crippen LogP contribution in [-0.4, -0.2) is 15.2 Å². The highest BCUT2D eigenvalue weighted by Gasteiger charge is 2.11. The first-order valence-corrected chi connectivity index (χ1v) is 7.57. The summed E-state index contributed by atoms with van der Waals surface area (Å²) in [6, 6.07) is 4.03. The first-order valence-electron chi connectivity index (χ1n) is 6.38. The Morgan fingerprint density at radius 3 is 2.53 bits per heavy atom. The van der Waals surface area contributed by atoms with E-state index in [0.717, 1.165) is 33.4 Å². The lowest BCUT2D eigenvalue weighted by Gasteiger charge is -2.12. The highest BCUT2D eigenvalue weighted by molar-refractivity contribution is 7.16. The van der Waals surface area contributed by atoms with Crippen molar-refractivity contribution in [2.75, 3.05) is 5.32 Å². The van der Waals surface area contributed by atoms with Crippen molar-refractivity contribution in [1.82, 2.24) is 15.2 Å². The van der Waals surface area contributed by atoms with Crippen LogP contribution in [0.4, 0.5) is 5.95 Å². The Morgan fingerprint density at radius 2 is 1.95 bits per heavy atom. The number of halogens is 1. The highest BCUT2D eigenvalue weighted by atomic mass is 35.5. The Labute approximate surface area is 122 Å². The largest absolute Gasteiger partial charge is 0.346 e. The lowest BCUT2D eigenvalue weighted by molar-refractivity contribution is 0.795. The van der Waals surface area contributed by atoms with Crippen molar-refractivity contribution in [3.63, 3.8) is 0 Å². The number of nitrogens with zero attached hydrogens (tertiary/aromatic N) is 3. The summed E-state index contributed by atoms with van der Waals surface area (Å²) in [5.41, 5.74) is 1.98. The normalized spacial score (nSPS) is 12.4. The van der Waals surface area contributed by atoms with Gasteiger partial charge in [-0.1, -0.05) is 25.4 Å². The summed E-state index contributed by atoms with van der Waals surface area (Å²) in [6.45, 7) is 6.20. The summed E-state index contributed by atoms with van der Waals surface area (Å²) in [6.07, 6.45) is 1.73. The minimum Gasteiger partial charge on any atom is -0.346 e. The maximum Gasteiger partial charge on any atom is 0.243 e. The van der Waals surface area contributed by atoms with Gasteiger partial charge in [-0.05, 0) is 31.9 Å². The van der Waals surface area contributed by atoms with Crippen molar-refractivity contribution in [2.24, 2.45) is 0 Å². The first kappa shape index (κ1) is 14.2. The first-order chi connectivity index (χ1) is 9.13. The van der Waals surface area contributed by atoms with Crippen LogP contribution >= 0.6 is 22.9 Å². The lowest BCUT2D eigenvalue weighted by Crippen LogP contribution is -2.12. The van der Waals surface area contributed by atoms with Gasteiger partial charge in [0.25, 0.3) is 0 Å². The van der Waals surface area contributed by atoms with E-state index in [0.29, 0.717) is 5.95 Å². The number of rotatable bonds is 5. The monoisotopic (exact) mass is 296 g/mol. The van der Waals surface area contributed by atoms with Gasteiger partial charge in [0.15, 0.2) is 0 Å². The van der Waals surface area contributed by atoms with Crippen LogP contribution in [0.1, 0.15) is 43.1 Å². The Bertz CT molecular complexity index is 555. The van der Waals surface area contributed by atoms with Gasteiger partial charge in [0, 0.05) is 4.88 Å². The summed E-state index contributed by atoms with van der Waals surface area (Å²) in [4.78, 5) is 5.68. The van der Waals surface area contributed by atoms with E-state index >= 15 is 0 Å². The molecule has 2 aromatic heterocycles. The quantitative estimate of drug-likeness (QED) is 0.909. The number of hydrogen-bond acceptors (Lipinski definition) is 5. The molecule has 6 heteroatoms. The van der Waals surface area contributed by atoms with Crippen molar-refractivity contribution < 1.29 is 0 Å². The van der Waals surface area contributed by atoms with Crippen LogP contribution < -0.4 is 5.32 Å². The van der Waals surface area contributed by atoms with E-state index in [1.54, 1.807) is 11.3 Å². The maximum atomic E-state index is 5.94. The third-order valence-electron chi connectivity index (χ3n) is 2.88. The van der Waals surface area contributed by atoms with Crippen molar-refractivity contribution in [3.05, 3.63) is 32.7 Å². The van der Waals surface area contributed by atoms with Crippen LogP contribution in [0.3, 0.4) is 0 Å². The topological polar surface area (TPSA) is 50.7 Å². The molecule has 0 saturated carbocycles. The predicted octanol–water partition coefficient (Wildman–Crippen LogP) is 3.88. The van der Waals surface area contributed by atoms with Gasteiger partial charge in [-0.25, -0.2) is 4.98 Å². The minimum absolute atomic E-state index is 0.122. The Kier molecular flexibility index (Phi) is 4.71. The zero-order valence-corrected chi connectivity index (χ0v) is 12.8.